The zero-order valence-corrected chi connectivity index (χ0v) is 14.8. The van der Waals surface area contributed by atoms with Crippen molar-refractivity contribution in [1.29, 1.82) is 0 Å². The minimum atomic E-state index is 0.734. The molecule has 124 valence electrons. The van der Waals surface area contributed by atoms with E-state index < -0.39 is 0 Å². The third-order valence-electron chi connectivity index (χ3n) is 5.87. The SMILES string of the molecule is CC(C)C1CCC(NCCC(C)N2CCN(C)CC2)CC1. The molecule has 3 heteroatoms. The molecule has 1 N–H and O–H groups in total. The predicted octanol–water partition coefficient (Wildman–Crippen LogP) is 2.82. The minimum absolute atomic E-state index is 0.734. The van der Waals surface area contributed by atoms with Crippen molar-refractivity contribution in [2.45, 2.75) is 65.0 Å². The number of nitrogens with one attached hydrogen (secondary N) is 1. The quantitative estimate of drug-likeness (QED) is 0.813. The largest absolute Gasteiger partial charge is 0.314 e. The number of likely N-dealkylation sites (N-methyl/N-ethyl adjacent to an activating group) is 1. The van der Waals surface area contributed by atoms with Gasteiger partial charge in [-0.1, -0.05) is 13.8 Å². The Kier molecular flexibility index (Phi) is 6.97. The highest BCUT2D eigenvalue weighted by Gasteiger charge is 2.23. The molecule has 0 amide bonds. The van der Waals surface area contributed by atoms with E-state index in [-0.39, 0.29) is 0 Å². The van der Waals surface area contributed by atoms with Gasteiger partial charge in [-0.15, -0.1) is 0 Å². The summed E-state index contributed by atoms with van der Waals surface area (Å²) in [6, 6.07) is 1.53. The van der Waals surface area contributed by atoms with Crippen LogP contribution in [0.2, 0.25) is 0 Å². The monoisotopic (exact) mass is 295 g/mol. The molecule has 21 heavy (non-hydrogen) atoms. The van der Waals surface area contributed by atoms with E-state index in [4.69, 9.17) is 0 Å². The van der Waals surface area contributed by atoms with E-state index in [9.17, 15) is 0 Å². The van der Waals surface area contributed by atoms with Gasteiger partial charge in [0.1, 0.15) is 0 Å². The van der Waals surface area contributed by atoms with Crippen molar-refractivity contribution in [2.75, 3.05) is 39.8 Å². The van der Waals surface area contributed by atoms with E-state index in [0.29, 0.717) is 0 Å². The van der Waals surface area contributed by atoms with Crippen LogP contribution in [-0.2, 0) is 0 Å². The molecule has 1 atom stereocenters. The van der Waals surface area contributed by atoms with E-state index in [1.165, 1.54) is 64.8 Å². The zero-order valence-electron chi connectivity index (χ0n) is 14.8. The highest BCUT2D eigenvalue weighted by atomic mass is 15.3. The number of hydrogen-bond acceptors (Lipinski definition) is 3. The molecule has 0 aromatic rings. The summed E-state index contributed by atoms with van der Waals surface area (Å²) < 4.78 is 0. The Bertz CT molecular complexity index is 276. The van der Waals surface area contributed by atoms with Crippen LogP contribution in [0, 0.1) is 11.8 Å². The molecule has 3 nitrogen and oxygen atoms in total. The summed E-state index contributed by atoms with van der Waals surface area (Å²) in [5.41, 5.74) is 0. The van der Waals surface area contributed by atoms with Crippen molar-refractivity contribution in [3.05, 3.63) is 0 Å². The maximum Gasteiger partial charge on any atom is 0.0113 e. The lowest BCUT2D eigenvalue weighted by Gasteiger charge is -2.37. The Labute approximate surface area is 132 Å². The summed E-state index contributed by atoms with van der Waals surface area (Å²) in [5, 5.41) is 3.82. The summed E-state index contributed by atoms with van der Waals surface area (Å²) in [7, 11) is 2.23. The molecule has 0 aromatic heterocycles. The zero-order chi connectivity index (χ0) is 15.2. The van der Waals surface area contributed by atoms with Gasteiger partial charge in [0.15, 0.2) is 0 Å². The number of piperazine rings is 1. The van der Waals surface area contributed by atoms with Gasteiger partial charge in [-0.05, 0) is 64.5 Å². The molecule has 0 aromatic carbocycles. The van der Waals surface area contributed by atoms with Gasteiger partial charge in [0.25, 0.3) is 0 Å². The third-order valence-corrected chi connectivity index (χ3v) is 5.87. The van der Waals surface area contributed by atoms with Crippen molar-refractivity contribution >= 4 is 0 Å². The van der Waals surface area contributed by atoms with Crippen molar-refractivity contribution in [2.24, 2.45) is 11.8 Å². The molecular weight excluding hydrogens is 258 g/mol. The second-order valence-corrected chi connectivity index (χ2v) is 7.79. The van der Waals surface area contributed by atoms with Gasteiger partial charge < -0.3 is 10.2 Å². The van der Waals surface area contributed by atoms with Gasteiger partial charge in [0.05, 0.1) is 0 Å². The average molecular weight is 296 g/mol. The van der Waals surface area contributed by atoms with Gasteiger partial charge in [0.2, 0.25) is 0 Å². The van der Waals surface area contributed by atoms with Crippen LogP contribution in [0.1, 0.15) is 52.9 Å². The smallest absolute Gasteiger partial charge is 0.0113 e. The summed E-state index contributed by atoms with van der Waals surface area (Å²) in [6.07, 6.45) is 6.96. The first-order chi connectivity index (χ1) is 10.1. The van der Waals surface area contributed by atoms with Crippen LogP contribution in [0.4, 0.5) is 0 Å². The molecule has 1 saturated carbocycles. The molecule has 2 rings (SSSR count). The molecule has 1 heterocycles. The topological polar surface area (TPSA) is 18.5 Å². The van der Waals surface area contributed by atoms with Gasteiger partial charge in [-0.25, -0.2) is 0 Å². The van der Waals surface area contributed by atoms with E-state index in [1.54, 1.807) is 0 Å². The maximum absolute atomic E-state index is 3.82. The third kappa shape index (κ3) is 5.54. The lowest BCUT2D eigenvalue weighted by Crippen LogP contribution is -2.49. The Morgan fingerprint density at radius 3 is 2.14 bits per heavy atom. The summed E-state index contributed by atoms with van der Waals surface area (Å²) in [6.45, 7) is 13.3. The fraction of sp³-hybridized carbons (Fsp3) is 1.00. The number of hydrogen-bond donors (Lipinski definition) is 1. The van der Waals surface area contributed by atoms with E-state index in [0.717, 1.165) is 23.9 Å². The number of nitrogens with zero attached hydrogens (tertiary/aromatic N) is 2. The lowest BCUT2D eigenvalue weighted by molar-refractivity contribution is 0.113. The van der Waals surface area contributed by atoms with Crippen molar-refractivity contribution in [3.63, 3.8) is 0 Å². The molecule has 0 spiro atoms. The second kappa shape index (κ2) is 8.50. The van der Waals surface area contributed by atoms with Crippen LogP contribution >= 0.6 is 0 Å². The van der Waals surface area contributed by atoms with Gasteiger partial charge in [-0.3, -0.25) is 4.90 Å². The van der Waals surface area contributed by atoms with Crippen molar-refractivity contribution in [3.8, 4) is 0 Å². The fourth-order valence-corrected chi connectivity index (χ4v) is 3.93. The van der Waals surface area contributed by atoms with Gasteiger partial charge in [-0.2, -0.15) is 0 Å². The molecule has 0 bridgehead atoms. The molecule has 1 aliphatic carbocycles. The fourth-order valence-electron chi connectivity index (χ4n) is 3.93. The first kappa shape index (κ1) is 17.2. The maximum atomic E-state index is 3.82. The first-order valence-corrected chi connectivity index (χ1v) is 9.22. The molecule has 2 aliphatic rings. The molecule has 1 saturated heterocycles. The van der Waals surface area contributed by atoms with Crippen LogP contribution in [0.5, 0.6) is 0 Å². The van der Waals surface area contributed by atoms with Crippen LogP contribution in [0.15, 0.2) is 0 Å². The van der Waals surface area contributed by atoms with Crippen LogP contribution in [0.25, 0.3) is 0 Å². The first-order valence-electron chi connectivity index (χ1n) is 9.22. The molecule has 0 radical (unpaired) electrons. The molecular formula is C18H37N3. The van der Waals surface area contributed by atoms with Gasteiger partial charge >= 0.3 is 0 Å². The second-order valence-electron chi connectivity index (χ2n) is 7.79. The Morgan fingerprint density at radius 2 is 1.57 bits per heavy atom. The lowest BCUT2D eigenvalue weighted by atomic mass is 9.80. The van der Waals surface area contributed by atoms with E-state index in [1.807, 2.05) is 0 Å². The summed E-state index contributed by atoms with van der Waals surface area (Å²) in [5.74, 6) is 1.86. The van der Waals surface area contributed by atoms with Crippen molar-refractivity contribution < 1.29 is 0 Å². The standard InChI is InChI=1S/C18H37N3/c1-15(2)17-5-7-18(8-6-17)19-10-9-16(3)21-13-11-20(4)12-14-21/h15-19H,5-14H2,1-4H3. The normalized spacial score (nSPS) is 30.7. The van der Waals surface area contributed by atoms with Crippen LogP contribution in [-0.4, -0.2) is 61.7 Å². The number of rotatable bonds is 6. The summed E-state index contributed by atoms with van der Waals surface area (Å²) in [4.78, 5) is 5.10. The highest BCUT2D eigenvalue weighted by Crippen LogP contribution is 2.29. The van der Waals surface area contributed by atoms with Crippen LogP contribution in [0.3, 0.4) is 0 Å². The minimum Gasteiger partial charge on any atom is -0.314 e. The van der Waals surface area contributed by atoms with Crippen LogP contribution < -0.4 is 5.32 Å². The summed E-state index contributed by atoms with van der Waals surface area (Å²) >= 11 is 0. The van der Waals surface area contributed by atoms with E-state index in [2.05, 4.69) is 42.9 Å². The van der Waals surface area contributed by atoms with Crippen molar-refractivity contribution in [1.82, 2.24) is 15.1 Å². The van der Waals surface area contributed by atoms with Gasteiger partial charge in [0, 0.05) is 38.3 Å². The Hall–Kier alpha value is -0.120. The highest BCUT2D eigenvalue weighted by molar-refractivity contribution is 4.80. The molecule has 1 aliphatic heterocycles. The Balaban J connectivity index is 1.57. The average Bonchev–Trinajstić information content (AvgIpc) is 2.48. The predicted molar refractivity (Wildman–Crippen MR) is 91.7 cm³/mol. The Morgan fingerprint density at radius 1 is 0.952 bits per heavy atom. The van der Waals surface area contributed by atoms with E-state index >= 15 is 0 Å². The molecule has 1 unspecified atom stereocenters. The molecule has 2 fully saturated rings.